The van der Waals surface area contributed by atoms with Gasteiger partial charge in [-0.05, 0) is 30.2 Å². The lowest BCUT2D eigenvalue weighted by Gasteiger charge is -2.03. The number of hydrogen-bond acceptors (Lipinski definition) is 2. The molecule has 0 heterocycles. The lowest BCUT2D eigenvalue weighted by Crippen LogP contribution is -1.99. The van der Waals surface area contributed by atoms with Gasteiger partial charge in [0, 0.05) is 6.54 Å². The summed E-state index contributed by atoms with van der Waals surface area (Å²) in [5, 5.41) is 9.12. The third-order valence-corrected chi connectivity index (χ3v) is 2.08. The largest absolute Gasteiger partial charge is 0.326 e. The summed E-state index contributed by atoms with van der Waals surface area (Å²) in [4.78, 5) is 0. The van der Waals surface area contributed by atoms with Crippen molar-refractivity contribution < 1.29 is 0 Å². The van der Waals surface area contributed by atoms with E-state index in [0.717, 1.165) is 11.1 Å². The highest BCUT2D eigenvalue weighted by Crippen LogP contribution is 2.20. The quantitative estimate of drug-likeness (QED) is 0.719. The van der Waals surface area contributed by atoms with Crippen LogP contribution < -0.4 is 5.73 Å². The molecule has 1 aromatic rings. The van der Waals surface area contributed by atoms with Crippen LogP contribution in [0, 0.1) is 18.3 Å². The summed E-state index contributed by atoms with van der Waals surface area (Å²) >= 11 is 5.80. The molecule has 2 nitrogen and oxygen atoms in total. The van der Waals surface area contributed by atoms with E-state index in [1.807, 2.05) is 13.0 Å². The summed E-state index contributed by atoms with van der Waals surface area (Å²) < 4.78 is 0. The van der Waals surface area contributed by atoms with E-state index in [2.05, 4.69) is 0 Å². The van der Waals surface area contributed by atoms with Crippen LogP contribution in [-0.2, 0) is 6.54 Å². The molecule has 0 radical (unpaired) electrons. The van der Waals surface area contributed by atoms with E-state index in [0.29, 0.717) is 17.1 Å². The molecule has 1 rings (SSSR count). The molecule has 2 N–H and O–H groups in total. The van der Waals surface area contributed by atoms with Crippen LogP contribution in [0.25, 0.3) is 0 Å². The van der Waals surface area contributed by atoms with Crippen LogP contribution in [0.3, 0.4) is 0 Å². The first kappa shape index (κ1) is 9.05. The van der Waals surface area contributed by atoms with E-state index < -0.39 is 0 Å². The molecule has 0 atom stereocenters. The van der Waals surface area contributed by atoms with Crippen LogP contribution in [0.1, 0.15) is 16.7 Å². The molecule has 0 amide bonds. The molecule has 0 fully saturated rings. The molecule has 0 unspecified atom stereocenters. The number of nitriles is 1. The molecule has 0 aromatic heterocycles. The van der Waals surface area contributed by atoms with Crippen molar-refractivity contribution in [2.75, 3.05) is 0 Å². The van der Waals surface area contributed by atoms with Crippen LogP contribution in [0.5, 0.6) is 0 Å². The minimum Gasteiger partial charge on any atom is -0.326 e. The molecule has 0 aliphatic rings. The zero-order valence-corrected chi connectivity index (χ0v) is 7.52. The van der Waals surface area contributed by atoms with Crippen molar-refractivity contribution in [1.82, 2.24) is 0 Å². The summed E-state index contributed by atoms with van der Waals surface area (Å²) in [5.74, 6) is 0. The number of hydrogen-bond donors (Lipinski definition) is 1. The second-order valence-corrected chi connectivity index (χ2v) is 2.98. The van der Waals surface area contributed by atoms with Gasteiger partial charge in [0.25, 0.3) is 0 Å². The zero-order chi connectivity index (χ0) is 9.14. The van der Waals surface area contributed by atoms with Crippen molar-refractivity contribution in [2.24, 2.45) is 5.73 Å². The Kier molecular flexibility index (Phi) is 2.69. The van der Waals surface area contributed by atoms with Gasteiger partial charge in [-0.3, -0.25) is 0 Å². The fourth-order valence-electron chi connectivity index (χ4n) is 1.03. The first-order valence-electron chi connectivity index (χ1n) is 3.58. The number of benzene rings is 1. The Bertz CT molecular complexity index is 338. The van der Waals surface area contributed by atoms with E-state index >= 15 is 0 Å². The highest BCUT2D eigenvalue weighted by Gasteiger charge is 2.03. The maximum absolute atomic E-state index is 8.64. The molecule has 3 heteroatoms. The van der Waals surface area contributed by atoms with E-state index in [1.165, 1.54) is 0 Å². The molecular weight excluding hydrogens is 172 g/mol. The summed E-state index contributed by atoms with van der Waals surface area (Å²) in [7, 11) is 0. The maximum atomic E-state index is 8.64. The van der Waals surface area contributed by atoms with Gasteiger partial charge in [0.1, 0.15) is 6.07 Å². The van der Waals surface area contributed by atoms with Gasteiger partial charge in [0.05, 0.1) is 10.6 Å². The van der Waals surface area contributed by atoms with E-state index in [9.17, 15) is 0 Å². The molecule has 0 aliphatic heterocycles. The maximum Gasteiger partial charge on any atom is 0.101 e. The Balaban J connectivity index is 3.28. The van der Waals surface area contributed by atoms with Crippen LogP contribution >= 0.6 is 11.6 Å². The topological polar surface area (TPSA) is 49.8 Å². The molecule has 0 spiro atoms. The van der Waals surface area contributed by atoms with Crippen LogP contribution in [0.15, 0.2) is 12.1 Å². The standard InChI is InChI=1S/C9H9ClN2/c1-6-2-8(5-12)9(10)3-7(6)4-11/h2-3H,4,11H2,1H3. The normalized spacial score (nSPS) is 9.50. The second-order valence-electron chi connectivity index (χ2n) is 2.57. The number of halogens is 1. The highest BCUT2D eigenvalue weighted by molar-refractivity contribution is 6.31. The molecule has 0 saturated heterocycles. The van der Waals surface area contributed by atoms with Crippen molar-refractivity contribution in [3.63, 3.8) is 0 Å². The minimum absolute atomic E-state index is 0.456. The van der Waals surface area contributed by atoms with Crippen molar-refractivity contribution in [3.05, 3.63) is 33.8 Å². The van der Waals surface area contributed by atoms with Crippen molar-refractivity contribution >= 4 is 11.6 Å². The molecule has 0 saturated carbocycles. The fourth-order valence-corrected chi connectivity index (χ4v) is 1.26. The van der Waals surface area contributed by atoms with Gasteiger partial charge < -0.3 is 5.73 Å². The Morgan fingerprint density at radius 3 is 2.75 bits per heavy atom. The van der Waals surface area contributed by atoms with Gasteiger partial charge in [-0.2, -0.15) is 5.26 Å². The summed E-state index contributed by atoms with van der Waals surface area (Å²) in [6.45, 7) is 2.37. The SMILES string of the molecule is Cc1cc(C#N)c(Cl)cc1CN. The predicted octanol–water partition coefficient (Wildman–Crippen LogP) is 1.98. The molecule has 0 bridgehead atoms. The lowest BCUT2D eigenvalue weighted by molar-refractivity contribution is 1.05. The Labute approximate surface area is 76.6 Å². The molecule has 1 aromatic carbocycles. The fraction of sp³-hybridized carbons (Fsp3) is 0.222. The van der Waals surface area contributed by atoms with Crippen LogP contribution in [-0.4, -0.2) is 0 Å². The van der Waals surface area contributed by atoms with Gasteiger partial charge in [0.2, 0.25) is 0 Å². The number of rotatable bonds is 1. The lowest BCUT2D eigenvalue weighted by atomic mass is 10.1. The Morgan fingerprint density at radius 2 is 2.25 bits per heavy atom. The van der Waals surface area contributed by atoms with E-state index in [4.69, 9.17) is 22.6 Å². The molecule has 62 valence electrons. The van der Waals surface area contributed by atoms with Crippen LogP contribution in [0.4, 0.5) is 0 Å². The third kappa shape index (κ3) is 1.58. The van der Waals surface area contributed by atoms with Crippen molar-refractivity contribution in [2.45, 2.75) is 13.5 Å². The number of aryl methyl sites for hydroxylation is 1. The first-order valence-corrected chi connectivity index (χ1v) is 3.96. The van der Waals surface area contributed by atoms with Crippen molar-refractivity contribution in [3.8, 4) is 6.07 Å². The highest BCUT2D eigenvalue weighted by atomic mass is 35.5. The average Bonchev–Trinajstić information content (AvgIpc) is 2.08. The predicted molar refractivity (Wildman–Crippen MR) is 48.8 cm³/mol. The van der Waals surface area contributed by atoms with E-state index in [-0.39, 0.29) is 0 Å². The summed E-state index contributed by atoms with van der Waals surface area (Å²) in [6, 6.07) is 5.51. The van der Waals surface area contributed by atoms with Gasteiger partial charge in [-0.25, -0.2) is 0 Å². The minimum atomic E-state index is 0.456. The Hall–Kier alpha value is -1.04. The Morgan fingerprint density at radius 1 is 1.58 bits per heavy atom. The monoisotopic (exact) mass is 180 g/mol. The van der Waals surface area contributed by atoms with Crippen LogP contribution in [0.2, 0.25) is 5.02 Å². The smallest absolute Gasteiger partial charge is 0.101 e. The number of nitrogens with zero attached hydrogens (tertiary/aromatic N) is 1. The third-order valence-electron chi connectivity index (χ3n) is 1.77. The summed E-state index contributed by atoms with van der Waals surface area (Å²) in [6.07, 6.45) is 0. The summed E-state index contributed by atoms with van der Waals surface area (Å²) in [5.41, 5.74) is 7.97. The van der Waals surface area contributed by atoms with Crippen molar-refractivity contribution in [1.29, 1.82) is 5.26 Å². The second kappa shape index (κ2) is 3.57. The average molecular weight is 181 g/mol. The zero-order valence-electron chi connectivity index (χ0n) is 6.76. The molecule has 0 aliphatic carbocycles. The molecule has 12 heavy (non-hydrogen) atoms. The van der Waals surface area contributed by atoms with Gasteiger partial charge in [0.15, 0.2) is 0 Å². The van der Waals surface area contributed by atoms with Gasteiger partial charge in [-0.1, -0.05) is 11.6 Å². The van der Waals surface area contributed by atoms with Gasteiger partial charge >= 0.3 is 0 Å². The molecular formula is C9H9ClN2. The van der Waals surface area contributed by atoms with Gasteiger partial charge in [-0.15, -0.1) is 0 Å². The van der Waals surface area contributed by atoms with E-state index in [1.54, 1.807) is 12.1 Å². The number of nitrogens with two attached hydrogens (primary N) is 1. The first-order chi connectivity index (χ1) is 5.69.